The van der Waals surface area contributed by atoms with Crippen LogP contribution in [-0.2, 0) is 11.2 Å². The number of rotatable bonds is 13. The normalized spacial score (nSPS) is 10.7. The minimum absolute atomic E-state index is 0.0000132. The Balaban J connectivity index is 1.25. The fourth-order valence-corrected chi connectivity index (χ4v) is 3.77. The Morgan fingerprint density at radius 2 is 1.90 bits per heavy atom. The molecule has 164 valence electrons. The second kappa shape index (κ2) is 12.0. The first-order valence-electron chi connectivity index (χ1n) is 10.5. The third-order valence-corrected chi connectivity index (χ3v) is 5.72. The fraction of sp³-hybridized carbons (Fsp3) is 0.391. The molecule has 2 aromatic heterocycles. The topological polar surface area (TPSA) is 94.3 Å². The number of unbranched alkanes of at least 4 members (excludes halogenated alkanes) is 2. The van der Waals surface area contributed by atoms with E-state index in [2.05, 4.69) is 15.5 Å². The van der Waals surface area contributed by atoms with Crippen LogP contribution in [0.15, 0.2) is 46.3 Å². The van der Waals surface area contributed by atoms with Gasteiger partial charge in [0.15, 0.2) is 5.78 Å². The number of nitrogens with one attached hydrogen (secondary N) is 1. The lowest BCUT2D eigenvalue weighted by Crippen LogP contribution is -2.24. The Labute approximate surface area is 185 Å². The van der Waals surface area contributed by atoms with E-state index in [0.29, 0.717) is 43.9 Å². The lowest BCUT2D eigenvalue weighted by Gasteiger charge is -2.04. The summed E-state index contributed by atoms with van der Waals surface area (Å²) in [6.45, 7) is 0.638. The lowest BCUT2D eigenvalue weighted by molar-refractivity contribution is -0.121. The smallest absolute Gasteiger partial charge is 0.226 e. The number of amides is 1. The van der Waals surface area contributed by atoms with Gasteiger partial charge in [0.05, 0.1) is 12.0 Å². The first-order chi connectivity index (χ1) is 15.2. The zero-order valence-electron chi connectivity index (χ0n) is 17.6. The van der Waals surface area contributed by atoms with E-state index in [0.717, 1.165) is 35.5 Å². The Hall–Kier alpha value is -3.00. The number of methoxy groups -OCH3 is 1. The average molecular weight is 442 g/mol. The van der Waals surface area contributed by atoms with Crippen LogP contribution in [0, 0.1) is 0 Å². The van der Waals surface area contributed by atoms with Crippen molar-refractivity contribution in [3.05, 3.63) is 52.5 Å². The fourth-order valence-electron chi connectivity index (χ4n) is 3.08. The van der Waals surface area contributed by atoms with Gasteiger partial charge in [0.25, 0.3) is 0 Å². The van der Waals surface area contributed by atoms with Gasteiger partial charge in [0.1, 0.15) is 5.75 Å². The van der Waals surface area contributed by atoms with Crippen molar-refractivity contribution in [3.63, 3.8) is 0 Å². The van der Waals surface area contributed by atoms with Crippen molar-refractivity contribution in [1.29, 1.82) is 0 Å². The second-order valence-electron chi connectivity index (χ2n) is 7.15. The summed E-state index contributed by atoms with van der Waals surface area (Å²) >= 11 is 1.44. The molecule has 0 saturated carbocycles. The van der Waals surface area contributed by atoms with Crippen LogP contribution in [0.4, 0.5) is 0 Å². The highest BCUT2D eigenvalue weighted by Crippen LogP contribution is 2.20. The monoisotopic (exact) mass is 441 g/mol. The average Bonchev–Trinajstić information content (AvgIpc) is 3.49. The first-order valence-corrected chi connectivity index (χ1v) is 11.3. The van der Waals surface area contributed by atoms with Gasteiger partial charge in [-0.3, -0.25) is 9.59 Å². The molecule has 1 N–H and O–H groups in total. The molecule has 0 unspecified atom stereocenters. The maximum atomic E-state index is 11.9. The maximum absolute atomic E-state index is 11.9. The van der Waals surface area contributed by atoms with Crippen LogP contribution in [0.25, 0.3) is 11.4 Å². The van der Waals surface area contributed by atoms with Crippen molar-refractivity contribution in [3.8, 4) is 17.1 Å². The molecule has 0 fully saturated rings. The number of hydrogen-bond acceptors (Lipinski definition) is 7. The molecule has 7 nitrogen and oxygen atoms in total. The molecule has 2 heterocycles. The summed E-state index contributed by atoms with van der Waals surface area (Å²) in [5.74, 6) is 2.08. The minimum atomic E-state index is 0.0000132. The Morgan fingerprint density at radius 1 is 1.06 bits per heavy atom. The molecule has 0 radical (unpaired) electrons. The van der Waals surface area contributed by atoms with Gasteiger partial charge in [-0.05, 0) is 55.0 Å². The van der Waals surface area contributed by atoms with E-state index in [1.54, 1.807) is 7.11 Å². The number of Topliss-reactive ketones (excluding diaryl/α,β-unsaturated/α-hetero) is 1. The van der Waals surface area contributed by atoms with E-state index in [1.165, 1.54) is 11.3 Å². The number of benzene rings is 1. The van der Waals surface area contributed by atoms with Crippen LogP contribution in [0.5, 0.6) is 5.75 Å². The third-order valence-electron chi connectivity index (χ3n) is 4.81. The Morgan fingerprint density at radius 3 is 2.65 bits per heavy atom. The van der Waals surface area contributed by atoms with E-state index in [-0.39, 0.29) is 11.7 Å². The van der Waals surface area contributed by atoms with Crippen molar-refractivity contribution in [2.24, 2.45) is 0 Å². The van der Waals surface area contributed by atoms with Crippen LogP contribution in [0.3, 0.4) is 0 Å². The molecule has 3 aromatic rings. The summed E-state index contributed by atoms with van der Waals surface area (Å²) in [5.41, 5.74) is 0.885. The number of carbonyl (C=O) groups is 2. The van der Waals surface area contributed by atoms with Gasteiger partial charge in [0.2, 0.25) is 17.6 Å². The molecule has 3 rings (SSSR count). The molecule has 0 aliphatic heterocycles. The van der Waals surface area contributed by atoms with Crippen molar-refractivity contribution < 1.29 is 18.8 Å². The third kappa shape index (κ3) is 7.32. The van der Waals surface area contributed by atoms with E-state index in [1.807, 2.05) is 41.8 Å². The molecule has 1 aromatic carbocycles. The highest BCUT2D eigenvalue weighted by Gasteiger charge is 2.10. The molecular formula is C23H27N3O4S. The van der Waals surface area contributed by atoms with Crippen molar-refractivity contribution in [2.45, 2.75) is 44.9 Å². The van der Waals surface area contributed by atoms with Gasteiger partial charge in [-0.25, -0.2) is 0 Å². The van der Waals surface area contributed by atoms with Crippen LogP contribution >= 0.6 is 11.3 Å². The SMILES string of the molecule is COc1ccc(-c2noc(CCCCCNC(=O)CCCC(=O)c3cccs3)n2)cc1. The molecule has 8 heteroatoms. The van der Waals surface area contributed by atoms with Crippen LogP contribution in [0.1, 0.15) is 54.1 Å². The number of ether oxygens (including phenoxy) is 1. The van der Waals surface area contributed by atoms with Gasteiger partial charge in [0, 0.05) is 31.4 Å². The quantitative estimate of drug-likeness (QED) is 0.305. The van der Waals surface area contributed by atoms with Gasteiger partial charge in [-0.1, -0.05) is 17.6 Å². The van der Waals surface area contributed by atoms with Gasteiger partial charge in [-0.15, -0.1) is 11.3 Å². The molecule has 0 atom stereocenters. The summed E-state index contributed by atoms with van der Waals surface area (Å²) in [6, 6.07) is 11.2. The number of hydrogen-bond donors (Lipinski definition) is 1. The number of aromatic nitrogens is 2. The van der Waals surface area contributed by atoms with Gasteiger partial charge >= 0.3 is 0 Å². The molecule has 0 aliphatic carbocycles. The summed E-state index contributed by atoms with van der Waals surface area (Å²) in [5, 5.41) is 8.83. The van der Waals surface area contributed by atoms with Crippen LogP contribution in [-0.4, -0.2) is 35.5 Å². The predicted octanol–water partition coefficient (Wildman–Crippen LogP) is 4.69. The van der Waals surface area contributed by atoms with Crippen molar-refractivity contribution in [2.75, 3.05) is 13.7 Å². The van der Waals surface area contributed by atoms with Crippen molar-refractivity contribution >= 4 is 23.0 Å². The highest BCUT2D eigenvalue weighted by atomic mass is 32.1. The van der Waals surface area contributed by atoms with Gasteiger partial charge < -0.3 is 14.6 Å². The van der Waals surface area contributed by atoms with E-state index in [9.17, 15) is 9.59 Å². The number of aryl methyl sites for hydroxylation is 1. The summed E-state index contributed by atoms with van der Waals surface area (Å²) in [7, 11) is 1.63. The Kier molecular flexibility index (Phi) is 8.78. The zero-order valence-corrected chi connectivity index (χ0v) is 18.5. The summed E-state index contributed by atoms with van der Waals surface area (Å²) < 4.78 is 10.5. The number of nitrogens with zero attached hydrogens (tertiary/aromatic N) is 2. The minimum Gasteiger partial charge on any atom is -0.497 e. The maximum Gasteiger partial charge on any atom is 0.226 e. The van der Waals surface area contributed by atoms with Crippen molar-refractivity contribution in [1.82, 2.24) is 15.5 Å². The largest absolute Gasteiger partial charge is 0.497 e. The van der Waals surface area contributed by atoms with Crippen LogP contribution < -0.4 is 10.1 Å². The lowest BCUT2D eigenvalue weighted by atomic mass is 10.1. The molecular weight excluding hydrogens is 414 g/mol. The molecule has 0 bridgehead atoms. The summed E-state index contributed by atoms with van der Waals surface area (Å²) in [4.78, 5) is 29.0. The van der Waals surface area contributed by atoms with Crippen LogP contribution in [0.2, 0.25) is 0 Å². The molecule has 0 saturated heterocycles. The number of thiophene rings is 1. The number of carbonyl (C=O) groups excluding carboxylic acids is 2. The van der Waals surface area contributed by atoms with E-state index in [4.69, 9.17) is 9.26 Å². The molecule has 0 aliphatic rings. The predicted molar refractivity (Wildman–Crippen MR) is 119 cm³/mol. The zero-order chi connectivity index (χ0) is 21.9. The second-order valence-corrected chi connectivity index (χ2v) is 8.10. The molecule has 1 amide bonds. The van der Waals surface area contributed by atoms with E-state index < -0.39 is 0 Å². The highest BCUT2D eigenvalue weighted by molar-refractivity contribution is 7.12. The number of ketones is 1. The van der Waals surface area contributed by atoms with Gasteiger partial charge in [-0.2, -0.15) is 4.98 Å². The standard InChI is InChI=1S/C23H27N3O4S/c1-29-18-13-11-17(12-14-18)23-25-22(30-26-23)10-3-2-4-15-24-21(28)9-5-7-19(27)20-8-6-16-31-20/h6,8,11-14,16H,2-5,7,9-10,15H2,1H3,(H,24,28). The summed E-state index contributed by atoms with van der Waals surface area (Å²) in [6.07, 6.45) is 4.84. The van der Waals surface area contributed by atoms with E-state index >= 15 is 0 Å². The molecule has 0 spiro atoms. The first kappa shape index (κ1) is 22.7. The Bertz CT molecular complexity index is 952. The molecule has 31 heavy (non-hydrogen) atoms.